The van der Waals surface area contributed by atoms with Crippen LogP contribution in [0.3, 0.4) is 0 Å². The Kier molecular flexibility index (Phi) is 7.44. The van der Waals surface area contributed by atoms with Crippen LogP contribution in [-0.2, 0) is 16.1 Å². The molecule has 0 radical (unpaired) electrons. The first-order valence-electron chi connectivity index (χ1n) is 11.0. The number of carbonyl (C=O) groups is 1. The third-order valence-corrected chi connectivity index (χ3v) is 5.61. The Morgan fingerprint density at radius 1 is 0.971 bits per heavy atom. The van der Waals surface area contributed by atoms with E-state index in [0.29, 0.717) is 34.5 Å². The Morgan fingerprint density at radius 2 is 1.68 bits per heavy atom. The predicted molar refractivity (Wildman–Crippen MR) is 135 cm³/mol. The van der Waals surface area contributed by atoms with Crippen molar-refractivity contribution in [2.75, 3.05) is 13.7 Å². The largest absolute Gasteiger partial charge is 0.493 e. The Hall–Kier alpha value is -3.84. The highest BCUT2D eigenvalue weighted by Gasteiger charge is 2.33. The van der Waals surface area contributed by atoms with Crippen LogP contribution in [0.1, 0.15) is 29.7 Å². The lowest BCUT2D eigenvalue weighted by molar-refractivity contribution is -0.138. The number of nitrogens with one attached hydrogen (secondary N) is 2. The third-order valence-electron chi connectivity index (χ3n) is 5.39. The molecule has 0 fully saturated rings. The molecule has 0 saturated carbocycles. The van der Waals surface area contributed by atoms with Crippen LogP contribution in [0, 0.1) is 0 Å². The standard InChI is InChI=1S/C27H26N2O4S/c1-3-32-26(30)23-24(19-12-8-5-9-13-19)28-27(34)29-25(23)20-14-15-21(22(16-20)31-2)33-17-18-10-6-4-7-11-18/h4-16,25H,3,17H2,1-2H3,(H2,28,29,34)/t25-/m0/s1. The van der Waals surface area contributed by atoms with Gasteiger partial charge in [-0.1, -0.05) is 66.7 Å². The summed E-state index contributed by atoms with van der Waals surface area (Å²) in [5, 5.41) is 6.78. The maximum Gasteiger partial charge on any atom is 0.338 e. The van der Waals surface area contributed by atoms with E-state index in [1.807, 2.05) is 78.9 Å². The zero-order chi connectivity index (χ0) is 23.9. The van der Waals surface area contributed by atoms with E-state index in [4.69, 9.17) is 26.4 Å². The van der Waals surface area contributed by atoms with Crippen LogP contribution < -0.4 is 20.1 Å². The van der Waals surface area contributed by atoms with Crippen LogP contribution in [0.4, 0.5) is 0 Å². The second kappa shape index (κ2) is 10.9. The third kappa shape index (κ3) is 5.21. The first-order valence-corrected chi connectivity index (χ1v) is 11.4. The Balaban J connectivity index is 1.71. The van der Waals surface area contributed by atoms with Crippen molar-refractivity contribution >= 4 is 29.0 Å². The number of carbonyl (C=O) groups excluding carboxylic acids is 1. The fraction of sp³-hybridized carbons (Fsp3) is 0.185. The number of methoxy groups -OCH3 is 1. The van der Waals surface area contributed by atoms with E-state index in [1.165, 1.54) is 0 Å². The molecule has 0 saturated heterocycles. The second-order valence-electron chi connectivity index (χ2n) is 7.59. The Morgan fingerprint density at radius 3 is 2.35 bits per heavy atom. The number of thiocarbonyl (C=S) groups is 1. The quantitative estimate of drug-likeness (QED) is 0.360. The molecule has 0 aromatic heterocycles. The molecular formula is C27H26N2O4S. The summed E-state index contributed by atoms with van der Waals surface area (Å²) in [7, 11) is 1.59. The molecule has 3 aromatic rings. The minimum absolute atomic E-state index is 0.261. The van der Waals surface area contributed by atoms with Crippen LogP contribution in [0.15, 0.2) is 84.4 Å². The summed E-state index contributed by atoms with van der Waals surface area (Å²) in [6.45, 7) is 2.46. The maximum atomic E-state index is 13.1. The Labute approximate surface area is 204 Å². The molecular weight excluding hydrogens is 448 g/mol. The SMILES string of the molecule is CCOC(=O)C1=C(c2ccccc2)NC(=S)N[C@H]1c1ccc(OCc2ccccc2)c(OC)c1. The second-order valence-corrected chi connectivity index (χ2v) is 8.00. The molecule has 34 heavy (non-hydrogen) atoms. The van der Waals surface area contributed by atoms with Gasteiger partial charge in [0.15, 0.2) is 16.6 Å². The van der Waals surface area contributed by atoms with Gasteiger partial charge in [0, 0.05) is 0 Å². The Bertz CT molecular complexity index is 1200. The summed E-state index contributed by atoms with van der Waals surface area (Å²) in [4.78, 5) is 13.1. The summed E-state index contributed by atoms with van der Waals surface area (Å²) >= 11 is 5.48. The van der Waals surface area contributed by atoms with Crippen LogP contribution >= 0.6 is 12.2 Å². The van der Waals surface area contributed by atoms with Gasteiger partial charge in [-0.2, -0.15) is 0 Å². The molecule has 0 aliphatic carbocycles. The summed E-state index contributed by atoms with van der Waals surface area (Å²) < 4.78 is 17.0. The molecule has 0 amide bonds. The van der Waals surface area contributed by atoms with Crippen molar-refractivity contribution in [3.05, 3.63) is 101 Å². The fourth-order valence-corrected chi connectivity index (χ4v) is 4.01. The summed E-state index contributed by atoms with van der Waals surface area (Å²) in [5.41, 5.74) is 3.76. The van der Waals surface area contributed by atoms with Gasteiger partial charge >= 0.3 is 5.97 Å². The lowest BCUT2D eigenvalue weighted by atomic mass is 9.92. The van der Waals surface area contributed by atoms with Crippen molar-refractivity contribution in [1.29, 1.82) is 0 Å². The fourth-order valence-electron chi connectivity index (χ4n) is 3.79. The zero-order valence-corrected chi connectivity index (χ0v) is 19.9. The van der Waals surface area contributed by atoms with Crippen LogP contribution in [0.25, 0.3) is 5.70 Å². The average molecular weight is 475 g/mol. The number of esters is 1. The highest BCUT2D eigenvalue weighted by atomic mass is 32.1. The molecule has 1 atom stereocenters. The van der Waals surface area contributed by atoms with E-state index < -0.39 is 12.0 Å². The molecule has 0 spiro atoms. The number of rotatable bonds is 8. The summed E-state index contributed by atoms with van der Waals surface area (Å²) in [5.74, 6) is 0.748. The normalized spacial score (nSPS) is 15.2. The topological polar surface area (TPSA) is 68.8 Å². The molecule has 6 nitrogen and oxygen atoms in total. The zero-order valence-electron chi connectivity index (χ0n) is 19.0. The molecule has 7 heteroatoms. The number of benzene rings is 3. The highest BCUT2D eigenvalue weighted by molar-refractivity contribution is 7.80. The minimum atomic E-state index is -0.528. The highest BCUT2D eigenvalue weighted by Crippen LogP contribution is 2.36. The van der Waals surface area contributed by atoms with Gasteiger partial charge in [-0.25, -0.2) is 4.79 Å². The van der Waals surface area contributed by atoms with Gasteiger partial charge in [0.2, 0.25) is 0 Å². The van der Waals surface area contributed by atoms with E-state index in [2.05, 4.69) is 10.6 Å². The van der Waals surface area contributed by atoms with E-state index in [1.54, 1.807) is 14.0 Å². The molecule has 3 aromatic carbocycles. The molecule has 1 aliphatic heterocycles. The molecule has 174 valence electrons. The van der Waals surface area contributed by atoms with Crippen LogP contribution in [0.2, 0.25) is 0 Å². The smallest absolute Gasteiger partial charge is 0.338 e. The first kappa shape index (κ1) is 23.3. The van der Waals surface area contributed by atoms with Gasteiger partial charge in [0.05, 0.1) is 31.0 Å². The van der Waals surface area contributed by atoms with Gasteiger partial charge in [0.25, 0.3) is 0 Å². The van der Waals surface area contributed by atoms with Crippen molar-refractivity contribution in [2.24, 2.45) is 0 Å². The van der Waals surface area contributed by atoms with E-state index >= 15 is 0 Å². The summed E-state index contributed by atoms with van der Waals surface area (Å²) in [6, 6.07) is 24.6. The van der Waals surface area contributed by atoms with Gasteiger partial charge in [-0.3, -0.25) is 0 Å². The monoisotopic (exact) mass is 474 g/mol. The molecule has 1 aliphatic rings. The molecule has 1 heterocycles. The molecule has 2 N–H and O–H groups in total. The number of ether oxygens (including phenoxy) is 3. The number of hydrogen-bond donors (Lipinski definition) is 2. The van der Waals surface area contributed by atoms with Gasteiger partial charge in [-0.15, -0.1) is 0 Å². The van der Waals surface area contributed by atoms with Crippen molar-refractivity contribution in [2.45, 2.75) is 19.6 Å². The van der Waals surface area contributed by atoms with E-state index in [-0.39, 0.29) is 6.61 Å². The van der Waals surface area contributed by atoms with Crippen LogP contribution in [0.5, 0.6) is 11.5 Å². The number of hydrogen-bond acceptors (Lipinski definition) is 5. The molecule has 0 unspecified atom stereocenters. The summed E-state index contributed by atoms with van der Waals surface area (Å²) in [6.07, 6.45) is 0. The van der Waals surface area contributed by atoms with Crippen molar-refractivity contribution in [3.63, 3.8) is 0 Å². The minimum Gasteiger partial charge on any atom is -0.493 e. The van der Waals surface area contributed by atoms with Crippen LogP contribution in [-0.4, -0.2) is 24.8 Å². The van der Waals surface area contributed by atoms with Crippen molar-refractivity contribution in [3.8, 4) is 11.5 Å². The maximum absolute atomic E-state index is 13.1. The lowest BCUT2D eigenvalue weighted by Crippen LogP contribution is -2.45. The first-order chi connectivity index (χ1) is 16.6. The van der Waals surface area contributed by atoms with Gasteiger partial charge < -0.3 is 24.8 Å². The average Bonchev–Trinajstić information content (AvgIpc) is 2.88. The van der Waals surface area contributed by atoms with E-state index in [0.717, 1.165) is 16.7 Å². The lowest BCUT2D eigenvalue weighted by Gasteiger charge is -2.31. The van der Waals surface area contributed by atoms with Gasteiger partial charge in [0.1, 0.15) is 6.61 Å². The van der Waals surface area contributed by atoms with Crippen molar-refractivity contribution in [1.82, 2.24) is 10.6 Å². The van der Waals surface area contributed by atoms with Crippen molar-refractivity contribution < 1.29 is 19.0 Å². The molecule has 0 bridgehead atoms. The van der Waals surface area contributed by atoms with E-state index in [9.17, 15) is 4.79 Å². The molecule has 4 rings (SSSR count). The van der Waals surface area contributed by atoms with Gasteiger partial charge in [-0.05, 0) is 48.0 Å². The predicted octanol–water partition coefficient (Wildman–Crippen LogP) is 4.77.